The summed E-state index contributed by atoms with van der Waals surface area (Å²) in [6, 6.07) is 5.56. The summed E-state index contributed by atoms with van der Waals surface area (Å²) in [6.45, 7) is 3.24. The van der Waals surface area contributed by atoms with E-state index < -0.39 is 0 Å². The summed E-state index contributed by atoms with van der Waals surface area (Å²) in [5.74, 6) is -0.287. The van der Waals surface area contributed by atoms with Crippen molar-refractivity contribution in [3.63, 3.8) is 0 Å². The molecule has 1 aromatic rings. The largest absolute Gasteiger partial charge is 0.469 e. The monoisotopic (exact) mass is 385 g/mol. The van der Waals surface area contributed by atoms with Crippen molar-refractivity contribution in [1.82, 2.24) is 0 Å². The minimum Gasteiger partial charge on any atom is -0.469 e. The van der Waals surface area contributed by atoms with E-state index in [2.05, 4.69) is 4.74 Å². The first-order valence-corrected chi connectivity index (χ1v) is 8.96. The van der Waals surface area contributed by atoms with Crippen molar-refractivity contribution in [2.45, 2.75) is 19.6 Å². The zero-order chi connectivity index (χ0) is 19.9. The van der Waals surface area contributed by atoms with E-state index in [0.717, 1.165) is 16.8 Å². The van der Waals surface area contributed by atoms with Crippen LogP contribution in [0.15, 0.2) is 18.2 Å². The summed E-state index contributed by atoms with van der Waals surface area (Å²) >= 11 is 0. The molecule has 8 heteroatoms. The molecule has 0 unspecified atom stereocenters. The Morgan fingerprint density at radius 1 is 0.889 bits per heavy atom. The fourth-order valence-electron chi connectivity index (χ4n) is 2.28. The highest BCUT2D eigenvalue weighted by Crippen LogP contribution is 2.18. The van der Waals surface area contributed by atoms with Gasteiger partial charge in [-0.15, -0.1) is 0 Å². The van der Waals surface area contributed by atoms with Gasteiger partial charge >= 0.3 is 5.97 Å². The van der Waals surface area contributed by atoms with Crippen molar-refractivity contribution in [2.24, 2.45) is 0 Å². The van der Waals surface area contributed by atoms with Crippen LogP contribution in [0.1, 0.15) is 17.5 Å². The van der Waals surface area contributed by atoms with Gasteiger partial charge in [0.05, 0.1) is 66.4 Å². The van der Waals surface area contributed by atoms with Crippen LogP contribution in [0.4, 0.5) is 5.69 Å². The fraction of sp³-hybridized carbons (Fsp3) is 0.632. The third-order valence-corrected chi connectivity index (χ3v) is 3.84. The summed E-state index contributed by atoms with van der Waals surface area (Å²) in [7, 11) is 3.28. The predicted octanol–water partition coefficient (Wildman–Crippen LogP) is 0.720. The summed E-state index contributed by atoms with van der Waals surface area (Å²) in [5, 5.41) is 18.6. The van der Waals surface area contributed by atoms with Crippen molar-refractivity contribution in [3.8, 4) is 0 Å². The third kappa shape index (κ3) is 10.3. The maximum Gasteiger partial charge on any atom is 0.307 e. The average Bonchev–Trinajstić information content (AvgIpc) is 2.70. The van der Waals surface area contributed by atoms with Crippen molar-refractivity contribution < 1.29 is 34.0 Å². The molecule has 154 valence electrons. The number of hydrogen-bond donors (Lipinski definition) is 2. The third-order valence-electron chi connectivity index (χ3n) is 3.84. The molecule has 0 aliphatic heterocycles. The molecular weight excluding hydrogens is 354 g/mol. The molecule has 0 spiro atoms. The smallest absolute Gasteiger partial charge is 0.307 e. The number of likely N-dealkylation sites (N-methyl/N-ethyl adjacent to an activating group) is 1. The number of benzene rings is 1. The summed E-state index contributed by atoms with van der Waals surface area (Å²) < 4.78 is 20.7. The lowest BCUT2D eigenvalue weighted by molar-refractivity contribution is -0.141. The highest BCUT2D eigenvalue weighted by atomic mass is 16.5. The number of rotatable bonds is 15. The molecule has 0 radical (unpaired) electrons. The van der Waals surface area contributed by atoms with Crippen LogP contribution < -0.4 is 4.90 Å². The molecule has 8 nitrogen and oxygen atoms in total. The molecule has 0 atom stereocenters. The number of ether oxygens (including phenoxy) is 4. The van der Waals surface area contributed by atoms with Gasteiger partial charge in [0, 0.05) is 19.3 Å². The Labute approximate surface area is 160 Å². The van der Waals surface area contributed by atoms with Crippen LogP contribution in [0.2, 0.25) is 0 Å². The molecule has 0 aromatic heterocycles. The van der Waals surface area contributed by atoms with Crippen LogP contribution in [0, 0.1) is 0 Å². The topological polar surface area (TPSA) is 97.7 Å². The van der Waals surface area contributed by atoms with E-state index in [1.807, 2.05) is 24.1 Å². The molecule has 27 heavy (non-hydrogen) atoms. The van der Waals surface area contributed by atoms with Crippen molar-refractivity contribution >= 4 is 11.7 Å². The molecule has 0 bridgehead atoms. The minimum atomic E-state index is -0.287. The summed E-state index contributed by atoms with van der Waals surface area (Å²) in [4.78, 5) is 12.9. The Kier molecular flexibility index (Phi) is 12.4. The normalized spacial score (nSPS) is 10.8. The molecule has 0 heterocycles. The number of anilines is 1. The zero-order valence-corrected chi connectivity index (χ0v) is 16.2. The van der Waals surface area contributed by atoms with E-state index in [4.69, 9.17) is 14.2 Å². The molecule has 0 fully saturated rings. The quantitative estimate of drug-likeness (QED) is 0.337. The highest BCUT2D eigenvalue weighted by Gasteiger charge is 2.05. The van der Waals surface area contributed by atoms with Gasteiger partial charge in [0.25, 0.3) is 0 Å². The molecular formula is C19H31NO7. The van der Waals surface area contributed by atoms with Crippen LogP contribution >= 0.6 is 0 Å². The number of nitrogens with zero attached hydrogens (tertiary/aromatic N) is 1. The second-order valence-corrected chi connectivity index (χ2v) is 5.91. The lowest BCUT2D eigenvalue weighted by Gasteiger charge is -2.21. The van der Waals surface area contributed by atoms with Crippen LogP contribution in [0.25, 0.3) is 0 Å². The lowest BCUT2D eigenvalue weighted by Crippen LogP contribution is -2.23. The molecule has 0 aliphatic rings. The molecule has 0 saturated heterocycles. The van der Waals surface area contributed by atoms with Gasteiger partial charge in [-0.2, -0.15) is 0 Å². The highest BCUT2D eigenvalue weighted by molar-refractivity contribution is 5.69. The van der Waals surface area contributed by atoms with Crippen LogP contribution in [0.5, 0.6) is 0 Å². The van der Waals surface area contributed by atoms with Gasteiger partial charge in [0.15, 0.2) is 0 Å². The molecule has 1 rings (SSSR count). The van der Waals surface area contributed by atoms with Gasteiger partial charge in [-0.3, -0.25) is 4.79 Å². The first-order chi connectivity index (χ1) is 13.1. The van der Waals surface area contributed by atoms with Crippen LogP contribution in [-0.4, -0.2) is 76.5 Å². The summed E-state index contributed by atoms with van der Waals surface area (Å²) in [5.41, 5.74) is 2.47. The van der Waals surface area contributed by atoms with Gasteiger partial charge in [0.1, 0.15) is 0 Å². The van der Waals surface area contributed by atoms with Crippen LogP contribution in [-0.2, 0) is 37.0 Å². The summed E-state index contributed by atoms with van der Waals surface area (Å²) in [6.07, 6.45) is 0.244. The van der Waals surface area contributed by atoms with E-state index in [-0.39, 0.29) is 25.6 Å². The molecule has 2 N–H and O–H groups in total. The standard InChI is InChI=1S/C19H31NO7/c1-20(18-12-16(14-21)11-17(13-18)15-22)4-6-26-8-10-27-9-7-25-5-3-19(23)24-2/h11-13,21-22H,3-10,14-15H2,1-2H3. The average molecular weight is 385 g/mol. The number of carbonyl (C=O) groups is 1. The maximum atomic E-state index is 10.9. The van der Waals surface area contributed by atoms with Gasteiger partial charge in [-0.05, 0) is 23.3 Å². The van der Waals surface area contributed by atoms with E-state index in [0.29, 0.717) is 46.2 Å². The number of esters is 1. The van der Waals surface area contributed by atoms with Crippen molar-refractivity contribution in [3.05, 3.63) is 29.3 Å². The van der Waals surface area contributed by atoms with Crippen molar-refractivity contribution in [2.75, 3.05) is 65.2 Å². The van der Waals surface area contributed by atoms with Gasteiger partial charge in [-0.1, -0.05) is 6.07 Å². The first-order valence-electron chi connectivity index (χ1n) is 8.96. The lowest BCUT2D eigenvalue weighted by atomic mass is 10.1. The number of carbonyl (C=O) groups excluding carboxylic acids is 1. The number of methoxy groups -OCH3 is 1. The maximum absolute atomic E-state index is 10.9. The van der Waals surface area contributed by atoms with Gasteiger partial charge in [0.2, 0.25) is 0 Å². The Balaban J connectivity index is 2.07. The van der Waals surface area contributed by atoms with Gasteiger partial charge < -0.3 is 34.1 Å². The van der Waals surface area contributed by atoms with E-state index in [1.54, 1.807) is 6.07 Å². The van der Waals surface area contributed by atoms with E-state index >= 15 is 0 Å². The van der Waals surface area contributed by atoms with Crippen molar-refractivity contribution in [1.29, 1.82) is 0 Å². The molecule has 0 amide bonds. The fourth-order valence-corrected chi connectivity index (χ4v) is 2.28. The minimum absolute atomic E-state index is 0.0606. The van der Waals surface area contributed by atoms with E-state index in [9.17, 15) is 15.0 Å². The number of aliphatic hydroxyl groups excluding tert-OH is 2. The van der Waals surface area contributed by atoms with Crippen LogP contribution in [0.3, 0.4) is 0 Å². The second-order valence-electron chi connectivity index (χ2n) is 5.91. The van der Waals surface area contributed by atoms with E-state index in [1.165, 1.54) is 7.11 Å². The molecule has 1 aromatic carbocycles. The number of aliphatic hydroxyl groups is 2. The van der Waals surface area contributed by atoms with Gasteiger partial charge in [-0.25, -0.2) is 0 Å². The second kappa shape index (κ2) is 14.4. The Bertz CT molecular complexity index is 517. The molecule has 0 aliphatic carbocycles. The SMILES string of the molecule is COC(=O)CCOCCOCCOCCN(C)c1cc(CO)cc(CO)c1. The number of hydrogen-bond acceptors (Lipinski definition) is 8. The molecule has 0 saturated carbocycles. The zero-order valence-electron chi connectivity index (χ0n) is 16.2. The Morgan fingerprint density at radius 3 is 1.93 bits per heavy atom. The predicted molar refractivity (Wildman–Crippen MR) is 101 cm³/mol. The first kappa shape index (κ1) is 23.3. The Morgan fingerprint density at radius 2 is 1.41 bits per heavy atom. The Hall–Kier alpha value is -1.71.